The number of nitrogens with one attached hydrogen (secondary N) is 1. The largest absolute Gasteiger partial charge is 0.358 e. The molecule has 1 atom stereocenters. The summed E-state index contributed by atoms with van der Waals surface area (Å²) in [5, 5.41) is 2.89. The summed E-state index contributed by atoms with van der Waals surface area (Å²) < 4.78 is 0. The predicted octanol–water partition coefficient (Wildman–Crippen LogP) is 2.24. The van der Waals surface area contributed by atoms with Crippen molar-refractivity contribution in [1.29, 1.82) is 0 Å². The maximum absolute atomic E-state index is 11.5. The van der Waals surface area contributed by atoms with E-state index in [1.54, 1.807) is 0 Å². The van der Waals surface area contributed by atoms with Crippen molar-refractivity contribution >= 4 is 17.3 Å². The van der Waals surface area contributed by atoms with Crippen molar-refractivity contribution in [3.63, 3.8) is 0 Å². The van der Waals surface area contributed by atoms with Crippen LogP contribution < -0.4 is 10.2 Å². The fraction of sp³-hybridized carbons (Fsp3) is 0.417. The van der Waals surface area contributed by atoms with Crippen LogP contribution in [0.2, 0.25) is 0 Å². The molecule has 1 unspecified atom stereocenters. The molecule has 1 aromatic carbocycles. The van der Waals surface area contributed by atoms with Gasteiger partial charge in [-0.25, -0.2) is 0 Å². The highest BCUT2D eigenvalue weighted by Crippen LogP contribution is 2.30. The van der Waals surface area contributed by atoms with Gasteiger partial charge in [-0.3, -0.25) is 4.79 Å². The molecule has 0 saturated carbocycles. The lowest BCUT2D eigenvalue weighted by Crippen LogP contribution is -2.43. The Hall–Kier alpha value is -1.51. The Bertz CT molecular complexity index is 376. The van der Waals surface area contributed by atoms with Crippen LogP contribution in [0.1, 0.15) is 20.3 Å². The molecule has 0 saturated heterocycles. The van der Waals surface area contributed by atoms with Gasteiger partial charge in [-0.1, -0.05) is 19.1 Å². The second kappa shape index (κ2) is 3.93. The molecule has 80 valence electrons. The number of rotatable bonds is 2. The van der Waals surface area contributed by atoms with E-state index in [-0.39, 0.29) is 5.91 Å². The molecule has 1 N–H and O–H groups in total. The first-order valence-electron chi connectivity index (χ1n) is 5.38. The van der Waals surface area contributed by atoms with Gasteiger partial charge in [-0.2, -0.15) is 0 Å². The zero-order valence-corrected chi connectivity index (χ0v) is 9.16. The topological polar surface area (TPSA) is 32.3 Å². The first-order chi connectivity index (χ1) is 7.22. The average Bonchev–Trinajstić information content (AvgIpc) is 2.26. The Morgan fingerprint density at radius 3 is 2.93 bits per heavy atom. The summed E-state index contributed by atoms with van der Waals surface area (Å²) in [4.78, 5) is 13.7. The number of para-hydroxylation sites is 2. The highest BCUT2D eigenvalue weighted by Gasteiger charge is 2.24. The van der Waals surface area contributed by atoms with E-state index >= 15 is 0 Å². The number of carbonyl (C=O) groups is 1. The Morgan fingerprint density at radius 1 is 1.47 bits per heavy atom. The standard InChI is InChI=1S/C12H16N2O/c1-3-9(2)14-8-12(15)13-10-6-4-5-7-11(10)14/h4-7,9H,3,8H2,1-2H3,(H,13,15). The van der Waals surface area contributed by atoms with Crippen molar-refractivity contribution in [1.82, 2.24) is 0 Å². The maximum Gasteiger partial charge on any atom is 0.243 e. The molecular weight excluding hydrogens is 188 g/mol. The molecule has 15 heavy (non-hydrogen) atoms. The number of anilines is 2. The fourth-order valence-electron chi connectivity index (χ4n) is 1.87. The monoisotopic (exact) mass is 204 g/mol. The van der Waals surface area contributed by atoms with Gasteiger partial charge in [-0.15, -0.1) is 0 Å². The molecule has 1 aromatic rings. The zero-order chi connectivity index (χ0) is 10.8. The van der Waals surface area contributed by atoms with E-state index in [0.717, 1.165) is 17.8 Å². The minimum Gasteiger partial charge on any atom is -0.358 e. The molecule has 3 nitrogen and oxygen atoms in total. The number of benzene rings is 1. The molecular formula is C12H16N2O. The van der Waals surface area contributed by atoms with Crippen molar-refractivity contribution in [2.75, 3.05) is 16.8 Å². The number of nitrogens with zero attached hydrogens (tertiary/aromatic N) is 1. The van der Waals surface area contributed by atoms with Crippen LogP contribution in [0, 0.1) is 0 Å². The van der Waals surface area contributed by atoms with Crippen LogP contribution >= 0.6 is 0 Å². The van der Waals surface area contributed by atoms with E-state index < -0.39 is 0 Å². The average molecular weight is 204 g/mol. The molecule has 3 heteroatoms. The van der Waals surface area contributed by atoms with Gasteiger partial charge < -0.3 is 10.2 Å². The number of carbonyl (C=O) groups excluding carboxylic acids is 1. The molecule has 1 heterocycles. The summed E-state index contributed by atoms with van der Waals surface area (Å²) in [5.74, 6) is 0.0778. The van der Waals surface area contributed by atoms with E-state index in [2.05, 4.69) is 30.1 Å². The molecule has 0 aliphatic carbocycles. The predicted molar refractivity (Wildman–Crippen MR) is 62.2 cm³/mol. The van der Waals surface area contributed by atoms with E-state index in [9.17, 15) is 4.79 Å². The summed E-state index contributed by atoms with van der Waals surface area (Å²) in [7, 11) is 0. The van der Waals surface area contributed by atoms with Crippen LogP contribution in [0.25, 0.3) is 0 Å². The maximum atomic E-state index is 11.5. The Morgan fingerprint density at radius 2 is 2.20 bits per heavy atom. The van der Waals surface area contributed by atoms with Gasteiger partial charge >= 0.3 is 0 Å². The van der Waals surface area contributed by atoms with Crippen LogP contribution in [0.5, 0.6) is 0 Å². The van der Waals surface area contributed by atoms with Crippen LogP contribution in [-0.4, -0.2) is 18.5 Å². The smallest absolute Gasteiger partial charge is 0.243 e. The molecule has 1 aliphatic heterocycles. The normalized spacial score (nSPS) is 16.9. The zero-order valence-electron chi connectivity index (χ0n) is 9.16. The first-order valence-corrected chi connectivity index (χ1v) is 5.38. The van der Waals surface area contributed by atoms with Crippen molar-refractivity contribution in [2.24, 2.45) is 0 Å². The third-order valence-corrected chi connectivity index (χ3v) is 2.92. The van der Waals surface area contributed by atoms with Crippen molar-refractivity contribution < 1.29 is 4.79 Å². The Balaban J connectivity index is 2.38. The second-order valence-electron chi connectivity index (χ2n) is 3.95. The highest BCUT2D eigenvalue weighted by atomic mass is 16.2. The quantitative estimate of drug-likeness (QED) is 0.801. The SMILES string of the molecule is CCC(C)N1CC(=O)Nc2ccccc21. The van der Waals surface area contributed by atoms with Crippen molar-refractivity contribution in [3.05, 3.63) is 24.3 Å². The molecule has 0 bridgehead atoms. The third-order valence-electron chi connectivity index (χ3n) is 2.92. The highest BCUT2D eigenvalue weighted by molar-refractivity contribution is 6.01. The van der Waals surface area contributed by atoms with Gasteiger partial charge in [0.15, 0.2) is 0 Å². The van der Waals surface area contributed by atoms with Crippen LogP contribution in [0.3, 0.4) is 0 Å². The minimum absolute atomic E-state index is 0.0778. The number of hydrogen-bond acceptors (Lipinski definition) is 2. The van der Waals surface area contributed by atoms with E-state index in [1.165, 1.54) is 0 Å². The van der Waals surface area contributed by atoms with Crippen LogP contribution in [0.4, 0.5) is 11.4 Å². The van der Waals surface area contributed by atoms with Gasteiger partial charge in [0.2, 0.25) is 5.91 Å². The summed E-state index contributed by atoms with van der Waals surface area (Å²) >= 11 is 0. The lowest BCUT2D eigenvalue weighted by Gasteiger charge is -2.35. The minimum atomic E-state index is 0.0778. The number of fused-ring (bicyclic) bond motifs is 1. The van der Waals surface area contributed by atoms with Crippen LogP contribution in [-0.2, 0) is 4.79 Å². The molecule has 0 aromatic heterocycles. The van der Waals surface area contributed by atoms with Gasteiger partial charge in [-0.05, 0) is 25.5 Å². The number of amides is 1. The number of hydrogen-bond donors (Lipinski definition) is 1. The molecule has 0 radical (unpaired) electrons. The van der Waals surface area contributed by atoms with Gasteiger partial charge in [0.25, 0.3) is 0 Å². The van der Waals surface area contributed by atoms with E-state index in [1.807, 2.05) is 18.2 Å². The van der Waals surface area contributed by atoms with Gasteiger partial charge in [0.1, 0.15) is 0 Å². The van der Waals surface area contributed by atoms with Crippen molar-refractivity contribution in [2.45, 2.75) is 26.3 Å². The molecule has 1 amide bonds. The lowest BCUT2D eigenvalue weighted by molar-refractivity contribution is -0.115. The fourth-order valence-corrected chi connectivity index (χ4v) is 1.87. The molecule has 1 aliphatic rings. The van der Waals surface area contributed by atoms with E-state index in [4.69, 9.17) is 0 Å². The van der Waals surface area contributed by atoms with Crippen LogP contribution in [0.15, 0.2) is 24.3 Å². The first kappa shape index (κ1) is 10.0. The molecule has 0 spiro atoms. The Kier molecular flexibility index (Phi) is 2.62. The third kappa shape index (κ3) is 1.82. The van der Waals surface area contributed by atoms with Crippen molar-refractivity contribution in [3.8, 4) is 0 Å². The molecule has 0 fully saturated rings. The van der Waals surface area contributed by atoms with E-state index in [0.29, 0.717) is 12.6 Å². The second-order valence-corrected chi connectivity index (χ2v) is 3.95. The van der Waals surface area contributed by atoms with Gasteiger partial charge in [0.05, 0.1) is 17.9 Å². The van der Waals surface area contributed by atoms with Gasteiger partial charge in [0, 0.05) is 6.04 Å². The lowest BCUT2D eigenvalue weighted by atomic mass is 10.1. The summed E-state index contributed by atoms with van der Waals surface area (Å²) in [6.07, 6.45) is 1.04. The summed E-state index contributed by atoms with van der Waals surface area (Å²) in [5.41, 5.74) is 2.06. The molecule has 2 rings (SSSR count). The summed E-state index contributed by atoms with van der Waals surface area (Å²) in [6.45, 7) is 4.75. The Labute approximate surface area is 90.1 Å². The summed E-state index contributed by atoms with van der Waals surface area (Å²) in [6, 6.07) is 8.35.